The Morgan fingerprint density at radius 3 is 2.50 bits per heavy atom. The van der Waals surface area contributed by atoms with Crippen molar-refractivity contribution in [1.82, 2.24) is 5.32 Å². The second kappa shape index (κ2) is 4.60. The van der Waals surface area contributed by atoms with Crippen LogP contribution < -0.4 is 5.32 Å². The first kappa shape index (κ1) is 10.4. The third-order valence-corrected chi connectivity index (χ3v) is 3.66. The van der Waals surface area contributed by atoms with E-state index >= 15 is 0 Å². The lowest BCUT2D eigenvalue weighted by atomic mass is 10.1. The molecule has 14 heavy (non-hydrogen) atoms. The monoisotopic (exact) mass is 199 g/mol. The highest BCUT2D eigenvalue weighted by atomic mass is 16.3. The van der Waals surface area contributed by atoms with Crippen LogP contribution in [0.25, 0.3) is 0 Å². The Kier molecular flexibility index (Phi) is 3.42. The van der Waals surface area contributed by atoms with Crippen molar-refractivity contribution in [2.45, 2.75) is 56.8 Å². The Hall–Kier alpha value is -0.120. The Morgan fingerprint density at radius 2 is 1.93 bits per heavy atom. The van der Waals surface area contributed by atoms with Gasteiger partial charge in [0.25, 0.3) is 0 Å². The molecule has 0 saturated heterocycles. The maximum absolute atomic E-state index is 9.60. The maximum atomic E-state index is 9.60. The molecule has 2 fully saturated rings. The first-order chi connectivity index (χ1) is 6.75. The normalized spacial score (nSPS) is 43.3. The molecule has 3 heteroatoms. The number of aliphatic hydroxyl groups is 2. The predicted octanol–water partition coefficient (Wildman–Crippen LogP) is 0.650. The van der Waals surface area contributed by atoms with Gasteiger partial charge in [0, 0.05) is 6.04 Å². The second-order valence-electron chi connectivity index (χ2n) is 4.85. The quantitative estimate of drug-likeness (QED) is 0.625. The Morgan fingerprint density at radius 1 is 1.07 bits per heavy atom. The SMILES string of the molecule is OC1CCC(CNC2CCCC2O)C1. The topological polar surface area (TPSA) is 52.5 Å². The smallest absolute Gasteiger partial charge is 0.0693 e. The van der Waals surface area contributed by atoms with Gasteiger partial charge in [-0.25, -0.2) is 0 Å². The van der Waals surface area contributed by atoms with E-state index in [1.165, 1.54) is 0 Å². The van der Waals surface area contributed by atoms with Gasteiger partial charge in [0.05, 0.1) is 12.2 Å². The third kappa shape index (κ3) is 2.47. The average molecular weight is 199 g/mol. The van der Waals surface area contributed by atoms with Crippen molar-refractivity contribution in [3.63, 3.8) is 0 Å². The lowest BCUT2D eigenvalue weighted by Crippen LogP contribution is -2.38. The van der Waals surface area contributed by atoms with Gasteiger partial charge in [0.1, 0.15) is 0 Å². The summed E-state index contributed by atoms with van der Waals surface area (Å²) in [6.07, 6.45) is 6.02. The van der Waals surface area contributed by atoms with Crippen molar-refractivity contribution in [1.29, 1.82) is 0 Å². The van der Waals surface area contributed by atoms with E-state index in [9.17, 15) is 10.2 Å². The van der Waals surface area contributed by atoms with Crippen molar-refractivity contribution in [3.05, 3.63) is 0 Å². The molecule has 0 aliphatic heterocycles. The van der Waals surface area contributed by atoms with Crippen LogP contribution in [0, 0.1) is 5.92 Å². The summed E-state index contributed by atoms with van der Waals surface area (Å²) in [6, 6.07) is 0.313. The fourth-order valence-corrected chi connectivity index (χ4v) is 2.73. The first-order valence-electron chi connectivity index (χ1n) is 5.85. The zero-order valence-electron chi connectivity index (χ0n) is 8.65. The van der Waals surface area contributed by atoms with Gasteiger partial charge in [0.15, 0.2) is 0 Å². The van der Waals surface area contributed by atoms with E-state index in [4.69, 9.17) is 0 Å². The standard InChI is InChI=1S/C11H21NO2/c13-9-5-4-8(6-9)7-12-10-2-1-3-11(10)14/h8-14H,1-7H2. The summed E-state index contributed by atoms with van der Waals surface area (Å²) in [5.41, 5.74) is 0. The lowest BCUT2D eigenvalue weighted by molar-refractivity contribution is 0.145. The average Bonchev–Trinajstić information content (AvgIpc) is 2.72. The molecule has 3 N–H and O–H groups in total. The molecule has 0 aromatic rings. The molecule has 0 aromatic carbocycles. The van der Waals surface area contributed by atoms with E-state index in [0.717, 1.165) is 45.1 Å². The molecule has 0 aromatic heterocycles. The van der Waals surface area contributed by atoms with E-state index in [1.54, 1.807) is 0 Å². The number of hydrogen-bond donors (Lipinski definition) is 3. The first-order valence-corrected chi connectivity index (χ1v) is 5.85. The van der Waals surface area contributed by atoms with Crippen LogP contribution in [-0.4, -0.2) is 35.0 Å². The fourth-order valence-electron chi connectivity index (χ4n) is 2.73. The summed E-state index contributed by atoms with van der Waals surface area (Å²) in [5, 5.41) is 22.4. The van der Waals surface area contributed by atoms with Gasteiger partial charge in [-0.1, -0.05) is 0 Å². The van der Waals surface area contributed by atoms with E-state index in [0.29, 0.717) is 12.0 Å². The van der Waals surface area contributed by atoms with Gasteiger partial charge in [-0.15, -0.1) is 0 Å². The molecule has 2 aliphatic carbocycles. The summed E-state index contributed by atoms with van der Waals surface area (Å²) in [5.74, 6) is 0.623. The Labute approximate surface area is 85.5 Å². The fraction of sp³-hybridized carbons (Fsp3) is 1.00. The van der Waals surface area contributed by atoms with Crippen LogP contribution in [-0.2, 0) is 0 Å². The molecular weight excluding hydrogens is 178 g/mol. The molecule has 0 heterocycles. The van der Waals surface area contributed by atoms with Gasteiger partial charge in [-0.05, 0) is 51.0 Å². The predicted molar refractivity (Wildman–Crippen MR) is 55.0 cm³/mol. The van der Waals surface area contributed by atoms with Crippen molar-refractivity contribution in [2.75, 3.05) is 6.54 Å². The van der Waals surface area contributed by atoms with Crippen molar-refractivity contribution >= 4 is 0 Å². The number of nitrogens with one attached hydrogen (secondary N) is 1. The van der Waals surface area contributed by atoms with E-state index in [-0.39, 0.29) is 12.2 Å². The summed E-state index contributed by atoms with van der Waals surface area (Å²) in [4.78, 5) is 0. The molecule has 3 nitrogen and oxygen atoms in total. The molecule has 82 valence electrons. The molecule has 0 spiro atoms. The maximum Gasteiger partial charge on any atom is 0.0693 e. The van der Waals surface area contributed by atoms with Gasteiger partial charge < -0.3 is 15.5 Å². The van der Waals surface area contributed by atoms with Gasteiger partial charge >= 0.3 is 0 Å². The summed E-state index contributed by atoms with van der Waals surface area (Å²) >= 11 is 0. The van der Waals surface area contributed by atoms with E-state index in [1.807, 2.05) is 0 Å². The highest BCUT2D eigenvalue weighted by Crippen LogP contribution is 2.25. The zero-order valence-corrected chi connectivity index (χ0v) is 8.65. The highest BCUT2D eigenvalue weighted by molar-refractivity contribution is 4.84. The lowest BCUT2D eigenvalue weighted by Gasteiger charge is -2.19. The number of hydrogen-bond acceptors (Lipinski definition) is 3. The molecule has 0 radical (unpaired) electrons. The summed E-state index contributed by atoms with van der Waals surface area (Å²) < 4.78 is 0. The minimum Gasteiger partial charge on any atom is -0.393 e. The van der Waals surface area contributed by atoms with Crippen LogP contribution in [0.15, 0.2) is 0 Å². The van der Waals surface area contributed by atoms with Gasteiger partial charge in [-0.2, -0.15) is 0 Å². The van der Waals surface area contributed by atoms with Crippen LogP contribution >= 0.6 is 0 Å². The van der Waals surface area contributed by atoms with Crippen LogP contribution in [0.3, 0.4) is 0 Å². The highest BCUT2D eigenvalue weighted by Gasteiger charge is 2.27. The van der Waals surface area contributed by atoms with Gasteiger partial charge in [0.2, 0.25) is 0 Å². The molecule has 2 aliphatic rings. The summed E-state index contributed by atoms with van der Waals surface area (Å²) in [6.45, 7) is 0.971. The number of aliphatic hydroxyl groups excluding tert-OH is 2. The van der Waals surface area contributed by atoms with Crippen molar-refractivity contribution < 1.29 is 10.2 Å². The van der Waals surface area contributed by atoms with E-state index < -0.39 is 0 Å². The minimum absolute atomic E-state index is 0.0738. The van der Waals surface area contributed by atoms with Crippen molar-refractivity contribution in [2.24, 2.45) is 5.92 Å². The Bertz CT molecular complexity index is 186. The van der Waals surface area contributed by atoms with Gasteiger partial charge in [-0.3, -0.25) is 0 Å². The minimum atomic E-state index is -0.138. The van der Waals surface area contributed by atoms with Crippen LogP contribution in [0.4, 0.5) is 0 Å². The largest absolute Gasteiger partial charge is 0.393 e. The molecule has 2 rings (SSSR count). The molecule has 4 unspecified atom stereocenters. The third-order valence-electron chi connectivity index (χ3n) is 3.66. The number of rotatable bonds is 3. The Balaban J connectivity index is 1.67. The molecule has 2 saturated carbocycles. The molecular formula is C11H21NO2. The van der Waals surface area contributed by atoms with E-state index in [2.05, 4.69) is 5.32 Å². The van der Waals surface area contributed by atoms with Crippen LogP contribution in [0.2, 0.25) is 0 Å². The molecule has 4 atom stereocenters. The van der Waals surface area contributed by atoms with Crippen LogP contribution in [0.5, 0.6) is 0 Å². The van der Waals surface area contributed by atoms with Crippen molar-refractivity contribution in [3.8, 4) is 0 Å². The molecule has 0 amide bonds. The zero-order chi connectivity index (χ0) is 9.97. The second-order valence-corrected chi connectivity index (χ2v) is 4.85. The van der Waals surface area contributed by atoms with Crippen LogP contribution in [0.1, 0.15) is 38.5 Å². The summed E-state index contributed by atoms with van der Waals surface area (Å²) in [7, 11) is 0. The molecule has 0 bridgehead atoms.